The molecule has 2 aromatic rings. The molecule has 220 valence electrons. The van der Waals surface area contributed by atoms with E-state index in [4.69, 9.17) is 20.0 Å². The van der Waals surface area contributed by atoms with E-state index in [1.54, 1.807) is 7.11 Å². The van der Waals surface area contributed by atoms with Gasteiger partial charge in [-0.3, -0.25) is 0 Å². The van der Waals surface area contributed by atoms with E-state index >= 15 is 0 Å². The standard InChI is InChI=1S/C32H44N6O2S/c1-5-6-15-26-22-27(38(20-13-9-7-11-18-33)21-14-10-8-12-19-34)16-17-29(26)36-37-31-28(23-35)30(32(39-4)41-31)40-24-25(2)3/h16-17,22,25H,5-15,20-21,24H2,1-4H3/b37-36+. The predicted octanol–water partition coefficient (Wildman–Crippen LogP) is 9.40. The topological polar surface area (TPSA) is 118 Å². The molecule has 41 heavy (non-hydrogen) atoms. The van der Waals surface area contributed by atoms with E-state index in [0.29, 0.717) is 46.7 Å². The molecular weight excluding hydrogens is 532 g/mol. The summed E-state index contributed by atoms with van der Waals surface area (Å²) in [5, 5.41) is 37.7. The molecule has 0 saturated carbocycles. The zero-order valence-corrected chi connectivity index (χ0v) is 25.9. The summed E-state index contributed by atoms with van der Waals surface area (Å²) in [5.74, 6) is 0.745. The summed E-state index contributed by atoms with van der Waals surface area (Å²) in [6, 6.07) is 13.0. The van der Waals surface area contributed by atoms with Crippen molar-refractivity contribution in [2.24, 2.45) is 16.1 Å². The second-order valence-corrected chi connectivity index (χ2v) is 11.4. The average molecular weight is 577 g/mol. The lowest BCUT2D eigenvalue weighted by Gasteiger charge is -2.26. The number of methoxy groups -OCH3 is 1. The van der Waals surface area contributed by atoms with Crippen LogP contribution in [0.3, 0.4) is 0 Å². The Morgan fingerprint density at radius 1 is 0.927 bits per heavy atom. The summed E-state index contributed by atoms with van der Waals surface area (Å²) >= 11 is 1.26. The molecule has 0 unspecified atom stereocenters. The number of ether oxygens (including phenoxy) is 2. The third kappa shape index (κ3) is 11.4. The summed E-state index contributed by atoms with van der Waals surface area (Å²) < 4.78 is 11.4. The second kappa shape index (κ2) is 19.5. The normalized spacial score (nSPS) is 10.9. The minimum Gasteiger partial charge on any atom is -0.487 e. The van der Waals surface area contributed by atoms with Crippen LogP contribution in [0, 0.1) is 39.9 Å². The van der Waals surface area contributed by atoms with Gasteiger partial charge in [-0.25, -0.2) is 0 Å². The van der Waals surface area contributed by atoms with Gasteiger partial charge in [0.2, 0.25) is 5.06 Å². The number of thiophene rings is 1. The predicted molar refractivity (Wildman–Crippen MR) is 166 cm³/mol. The zero-order valence-electron chi connectivity index (χ0n) is 25.1. The first kappa shape index (κ1) is 33.6. The minimum absolute atomic E-state index is 0.311. The molecule has 0 fully saturated rings. The van der Waals surface area contributed by atoms with E-state index < -0.39 is 0 Å². The lowest BCUT2D eigenvalue weighted by molar-refractivity contribution is 0.259. The Bertz CT molecular complexity index is 1190. The summed E-state index contributed by atoms with van der Waals surface area (Å²) in [6.45, 7) is 8.62. The van der Waals surface area contributed by atoms with Crippen LogP contribution in [0.4, 0.5) is 16.4 Å². The van der Waals surface area contributed by atoms with E-state index in [2.05, 4.69) is 66.2 Å². The number of rotatable bonds is 20. The zero-order chi connectivity index (χ0) is 29.9. The highest BCUT2D eigenvalue weighted by molar-refractivity contribution is 7.18. The summed E-state index contributed by atoms with van der Waals surface area (Å²) in [6.07, 6.45) is 10.2. The van der Waals surface area contributed by atoms with Gasteiger partial charge >= 0.3 is 0 Å². The monoisotopic (exact) mass is 576 g/mol. The molecule has 1 aromatic heterocycles. The van der Waals surface area contributed by atoms with E-state index in [9.17, 15) is 5.26 Å². The smallest absolute Gasteiger partial charge is 0.220 e. The number of hydrogen-bond acceptors (Lipinski definition) is 9. The molecule has 0 spiro atoms. The lowest BCUT2D eigenvalue weighted by atomic mass is 10.0. The molecule has 0 bridgehead atoms. The molecule has 0 radical (unpaired) electrons. The van der Waals surface area contributed by atoms with Crippen LogP contribution in [0.25, 0.3) is 0 Å². The van der Waals surface area contributed by atoms with Crippen molar-refractivity contribution in [3.8, 4) is 29.0 Å². The fourth-order valence-corrected chi connectivity index (χ4v) is 5.17. The molecule has 1 heterocycles. The van der Waals surface area contributed by atoms with Crippen LogP contribution in [0.15, 0.2) is 28.4 Å². The van der Waals surface area contributed by atoms with Crippen LogP contribution in [0.2, 0.25) is 0 Å². The van der Waals surface area contributed by atoms with E-state index in [-0.39, 0.29) is 0 Å². The van der Waals surface area contributed by atoms with Crippen LogP contribution in [0.5, 0.6) is 10.8 Å². The molecule has 9 heteroatoms. The molecule has 0 atom stereocenters. The van der Waals surface area contributed by atoms with Gasteiger partial charge in [0.05, 0.1) is 31.5 Å². The van der Waals surface area contributed by atoms with Crippen molar-refractivity contribution in [3.05, 3.63) is 29.3 Å². The molecule has 0 saturated heterocycles. The Hall–Kier alpha value is -3.61. The van der Waals surface area contributed by atoms with Gasteiger partial charge in [-0.05, 0) is 68.2 Å². The Morgan fingerprint density at radius 3 is 2.17 bits per heavy atom. The number of anilines is 1. The van der Waals surface area contributed by atoms with Gasteiger partial charge in [-0.15, -0.1) is 10.2 Å². The molecule has 1 aromatic carbocycles. The highest BCUT2D eigenvalue weighted by atomic mass is 32.1. The number of hydrogen-bond donors (Lipinski definition) is 0. The Labute approximate surface area is 250 Å². The third-order valence-electron chi connectivity index (χ3n) is 6.58. The van der Waals surface area contributed by atoms with Gasteiger partial charge in [0, 0.05) is 31.6 Å². The van der Waals surface area contributed by atoms with Crippen molar-refractivity contribution in [3.63, 3.8) is 0 Å². The summed E-state index contributed by atoms with van der Waals surface area (Å²) in [7, 11) is 1.57. The molecular formula is C32H44N6O2S. The maximum absolute atomic E-state index is 9.86. The highest BCUT2D eigenvalue weighted by Crippen LogP contribution is 2.47. The van der Waals surface area contributed by atoms with Crippen molar-refractivity contribution >= 4 is 27.7 Å². The fourth-order valence-electron chi connectivity index (χ4n) is 4.34. The molecule has 0 aliphatic rings. The second-order valence-electron chi connectivity index (χ2n) is 10.5. The van der Waals surface area contributed by atoms with Gasteiger partial charge < -0.3 is 14.4 Å². The maximum Gasteiger partial charge on any atom is 0.220 e. The Morgan fingerprint density at radius 2 is 1.61 bits per heavy atom. The van der Waals surface area contributed by atoms with Gasteiger partial charge in [-0.2, -0.15) is 15.8 Å². The molecule has 0 N–H and O–H groups in total. The molecule has 0 amide bonds. The fraction of sp³-hybridized carbons (Fsp3) is 0.594. The maximum atomic E-state index is 9.86. The summed E-state index contributed by atoms with van der Waals surface area (Å²) in [4.78, 5) is 2.42. The minimum atomic E-state index is 0.311. The largest absolute Gasteiger partial charge is 0.487 e. The van der Waals surface area contributed by atoms with E-state index in [1.807, 2.05) is 6.07 Å². The van der Waals surface area contributed by atoms with E-state index in [1.165, 1.54) is 11.3 Å². The Balaban J connectivity index is 2.32. The number of benzene rings is 1. The van der Waals surface area contributed by atoms with Crippen molar-refractivity contribution in [2.45, 2.75) is 91.4 Å². The third-order valence-corrected chi connectivity index (χ3v) is 7.60. The van der Waals surface area contributed by atoms with Gasteiger partial charge in [-0.1, -0.05) is 51.4 Å². The quantitative estimate of drug-likeness (QED) is 0.114. The highest BCUT2D eigenvalue weighted by Gasteiger charge is 2.21. The number of azo groups is 1. The van der Waals surface area contributed by atoms with Crippen LogP contribution < -0.4 is 14.4 Å². The van der Waals surface area contributed by atoms with Crippen molar-refractivity contribution < 1.29 is 9.47 Å². The van der Waals surface area contributed by atoms with Gasteiger partial charge in [0.25, 0.3) is 0 Å². The van der Waals surface area contributed by atoms with Crippen molar-refractivity contribution in [1.82, 2.24) is 0 Å². The number of nitriles is 3. The first-order valence-electron chi connectivity index (χ1n) is 14.8. The Kier molecular flexibility index (Phi) is 15.9. The number of nitrogens with zero attached hydrogens (tertiary/aromatic N) is 6. The van der Waals surface area contributed by atoms with Crippen molar-refractivity contribution in [1.29, 1.82) is 15.8 Å². The van der Waals surface area contributed by atoms with Crippen molar-refractivity contribution in [2.75, 3.05) is 31.7 Å². The average Bonchev–Trinajstić information content (AvgIpc) is 3.33. The first-order valence-corrected chi connectivity index (χ1v) is 15.6. The van der Waals surface area contributed by atoms with Crippen LogP contribution in [-0.4, -0.2) is 26.8 Å². The first-order chi connectivity index (χ1) is 20.0. The lowest BCUT2D eigenvalue weighted by Crippen LogP contribution is -2.25. The van der Waals surface area contributed by atoms with Gasteiger partial charge in [0.15, 0.2) is 10.8 Å². The van der Waals surface area contributed by atoms with Crippen LogP contribution >= 0.6 is 11.3 Å². The number of unbranched alkanes of at least 4 members (excludes halogenated alkanes) is 7. The van der Waals surface area contributed by atoms with Gasteiger partial charge in [0.1, 0.15) is 11.6 Å². The molecule has 8 nitrogen and oxygen atoms in total. The SMILES string of the molecule is CCCCc1cc(N(CCCCCC#N)CCCCCC#N)ccc1/N=N/c1sc(OC)c(OCC(C)C)c1C#N. The van der Waals surface area contributed by atoms with E-state index in [0.717, 1.165) is 87.8 Å². The summed E-state index contributed by atoms with van der Waals surface area (Å²) in [5.41, 5.74) is 3.44. The number of aryl methyl sites for hydroxylation is 1. The molecule has 0 aliphatic carbocycles. The molecule has 0 aliphatic heterocycles. The van der Waals surface area contributed by atoms with Crippen LogP contribution in [0.1, 0.15) is 96.1 Å². The molecule has 2 rings (SSSR count). The van der Waals surface area contributed by atoms with Crippen LogP contribution in [-0.2, 0) is 6.42 Å².